The minimum atomic E-state index is -0.118. The topological polar surface area (TPSA) is 66.9 Å². The van der Waals surface area contributed by atoms with Crippen LogP contribution in [0, 0.1) is 0 Å². The predicted octanol–water partition coefficient (Wildman–Crippen LogP) is 3.11. The molecule has 150 valence electrons. The first kappa shape index (κ1) is 20.4. The number of hydrogen-bond acceptors (Lipinski definition) is 5. The van der Waals surface area contributed by atoms with Crippen LogP contribution in [0.15, 0.2) is 42.7 Å². The Kier molecular flexibility index (Phi) is 7.47. The molecule has 0 saturated carbocycles. The average molecular weight is 405 g/mol. The molecule has 7 nitrogen and oxygen atoms in total. The van der Waals surface area contributed by atoms with Gasteiger partial charge in [0, 0.05) is 57.9 Å². The molecule has 3 rings (SSSR count). The van der Waals surface area contributed by atoms with Crippen LogP contribution in [-0.2, 0) is 11.3 Å². The van der Waals surface area contributed by atoms with Gasteiger partial charge in [-0.2, -0.15) is 0 Å². The number of hydrogen-bond donors (Lipinski definition) is 1. The monoisotopic (exact) mass is 404 g/mol. The van der Waals surface area contributed by atoms with Crippen LogP contribution in [0.5, 0.6) is 5.75 Å². The highest BCUT2D eigenvalue weighted by molar-refractivity contribution is 6.32. The molecule has 0 spiro atoms. The van der Waals surface area contributed by atoms with Gasteiger partial charge in [0.15, 0.2) is 0 Å². The van der Waals surface area contributed by atoms with Gasteiger partial charge in [0.05, 0.1) is 11.6 Å². The molecule has 28 heavy (non-hydrogen) atoms. The summed E-state index contributed by atoms with van der Waals surface area (Å²) in [6, 6.07) is 9.15. The normalized spacial score (nSPS) is 14.7. The minimum Gasteiger partial charge on any atom is -0.490 e. The van der Waals surface area contributed by atoms with E-state index < -0.39 is 0 Å². The van der Waals surface area contributed by atoms with Crippen molar-refractivity contribution in [2.45, 2.75) is 6.54 Å². The van der Waals surface area contributed by atoms with Gasteiger partial charge in [-0.05, 0) is 35.9 Å². The largest absolute Gasteiger partial charge is 0.490 e. The van der Waals surface area contributed by atoms with Crippen molar-refractivity contribution in [3.63, 3.8) is 0 Å². The van der Waals surface area contributed by atoms with E-state index in [-0.39, 0.29) is 6.03 Å². The molecule has 0 bridgehead atoms. The Bertz CT molecular complexity index is 767. The van der Waals surface area contributed by atoms with E-state index in [9.17, 15) is 4.79 Å². The first-order valence-corrected chi connectivity index (χ1v) is 9.62. The molecule has 8 heteroatoms. The molecule has 1 aromatic carbocycles. The van der Waals surface area contributed by atoms with E-state index in [2.05, 4.69) is 15.2 Å². The number of nitrogens with one attached hydrogen (secondary N) is 1. The molecular weight excluding hydrogens is 380 g/mol. The zero-order chi connectivity index (χ0) is 19.8. The molecule has 2 amide bonds. The summed E-state index contributed by atoms with van der Waals surface area (Å²) in [4.78, 5) is 20.7. The summed E-state index contributed by atoms with van der Waals surface area (Å²) >= 11 is 6.23. The Morgan fingerprint density at radius 1 is 1.14 bits per heavy atom. The number of aromatic nitrogens is 1. The molecule has 1 fully saturated rings. The summed E-state index contributed by atoms with van der Waals surface area (Å²) in [5.74, 6) is 0.571. The van der Waals surface area contributed by atoms with Gasteiger partial charge in [-0.25, -0.2) is 4.79 Å². The predicted molar refractivity (Wildman–Crippen MR) is 109 cm³/mol. The molecule has 0 atom stereocenters. The van der Waals surface area contributed by atoms with Crippen molar-refractivity contribution in [2.24, 2.45) is 0 Å². The third-order valence-electron chi connectivity index (χ3n) is 4.54. The zero-order valence-corrected chi connectivity index (χ0v) is 16.7. The quantitative estimate of drug-likeness (QED) is 0.718. The summed E-state index contributed by atoms with van der Waals surface area (Å²) in [7, 11) is 1.61. The fourth-order valence-corrected chi connectivity index (χ4v) is 3.22. The van der Waals surface area contributed by atoms with Gasteiger partial charge >= 0.3 is 6.03 Å². The Morgan fingerprint density at radius 2 is 1.89 bits per heavy atom. The van der Waals surface area contributed by atoms with Crippen molar-refractivity contribution < 1.29 is 14.3 Å². The van der Waals surface area contributed by atoms with E-state index in [0.717, 1.165) is 19.6 Å². The first-order valence-electron chi connectivity index (χ1n) is 9.24. The number of nitrogens with zero attached hydrogens (tertiary/aromatic N) is 3. The summed E-state index contributed by atoms with van der Waals surface area (Å²) in [5.41, 5.74) is 1.88. The number of halogens is 1. The number of ether oxygens (including phenoxy) is 2. The molecule has 1 saturated heterocycles. The lowest BCUT2D eigenvalue weighted by Gasteiger charge is -2.34. The van der Waals surface area contributed by atoms with Gasteiger partial charge in [0.2, 0.25) is 0 Å². The molecule has 0 radical (unpaired) electrons. The lowest BCUT2D eigenvalue weighted by Crippen LogP contribution is -2.49. The Morgan fingerprint density at radius 3 is 2.57 bits per heavy atom. The number of urea groups is 1. The number of pyridine rings is 1. The zero-order valence-electron chi connectivity index (χ0n) is 15.9. The molecular formula is C20H25ClN4O3. The minimum absolute atomic E-state index is 0.118. The van der Waals surface area contributed by atoms with E-state index >= 15 is 0 Å². The number of carbonyl (C=O) groups excluding carboxylic acids is 1. The lowest BCUT2D eigenvalue weighted by molar-refractivity contribution is 0.143. The van der Waals surface area contributed by atoms with Crippen LogP contribution < -0.4 is 10.1 Å². The highest BCUT2D eigenvalue weighted by atomic mass is 35.5. The maximum absolute atomic E-state index is 12.5. The van der Waals surface area contributed by atoms with Crippen LogP contribution in [0.3, 0.4) is 0 Å². The molecule has 0 unspecified atom stereocenters. The van der Waals surface area contributed by atoms with Crippen molar-refractivity contribution in [3.8, 4) is 5.75 Å². The van der Waals surface area contributed by atoms with Gasteiger partial charge in [-0.1, -0.05) is 11.6 Å². The lowest BCUT2D eigenvalue weighted by atomic mass is 10.2. The number of benzene rings is 1. The van der Waals surface area contributed by atoms with Crippen molar-refractivity contribution in [1.82, 2.24) is 14.8 Å². The third kappa shape index (κ3) is 5.82. The molecule has 2 heterocycles. The van der Waals surface area contributed by atoms with Gasteiger partial charge in [-0.15, -0.1) is 0 Å². The fourth-order valence-electron chi connectivity index (χ4n) is 2.99. The highest BCUT2D eigenvalue weighted by Gasteiger charge is 2.21. The standard InChI is InChI=1S/C20H25ClN4O3/c1-27-12-13-28-19-3-2-17(14-18(19)21)23-20(26)25-10-8-24(9-11-25)15-16-4-6-22-7-5-16/h2-7,14H,8-13,15H2,1H3,(H,23,26). The smallest absolute Gasteiger partial charge is 0.321 e. The van der Waals surface area contributed by atoms with E-state index in [1.165, 1.54) is 5.56 Å². The van der Waals surface area contributed by atoms with E-state index in [0.29, 0.717) is 42.8 Å². The van der Waals surface area contributed by atoms with Crippen molar-refractivity contribution in [2.75, 3.05) is 51.8 Å². The Balaban J connectivity index is 1.47. The number of carbonyl (C=O) groups is 1. The maximum Gasteiger partial charge on any atom is 0.321 e. The number of piperazine rings is 1. The van der Waals surface area contributed by atoms with E-state index in [1.54, 1.807) is 37.7 Å². The molecule has 1 N–H and O–H groups in total. The molecule has 1 aliphatic rings. The number of anilines is 1. The second kappa shape index (κ2) is 10.3. The van der Waals surface area contributed by atoms with Crippen LogP contribution >= 0.6 is 11.6 Å². The third-order valence-corrected chi connectivity index (χ3v) is 4.84. The fraction of sp³-hybridized carbons (Fsp3) is 0.400. The number of rotatable bonds is 7. The molecule has 1 aliphatic heterocycles. The Labute approximate surface area is 170 Å². The van der Waals surface area contributed by atoms with Crippen molar-refractivity contribution in [3.05, 3.63) is 53.3 Å². The van der Waals surface area contributed by atoms with E-state index in [1.807, 2.05) is 17.0 Å². The second-order valence-corrected chi connectivity index (χ2v) is 6.94. The van der Waals surface area contributed by atoms with Gasteiger partial charge in [0.1, 0.15) is 12.4 Å². The molecule has 0 aliphatic carbocycles. The summed E-state index contributed by atoms with van der Waals surface area (Å²) in [6.07, 6.45) is 3.61. The number of methoxy groups -OCH3 is 1. The Hall–Kier alpha value is -2.35. The van der Waals surface area contributed by atoms with Crippen LogP contribution in [0.2, 0.25) is 5.02 Å². The van der Waals surface area contributed by atoms with Gasteiger partial charge < -0.3 is 19.7 Å². The van der Waals surface area contributed by atoms with Crippen LogP contribution in [0.4, 0.5) is 10.5 Å². The summed E-state index contributed by atoms with van der Waals surface area (Å²) in [5, 5.41) is 3.36. The first-order chi connectivity index (χ1) is 13.7. The van der Waals surface area contributed by atoms with Crippen LogP contribution in [0.1, 0.15) is 5.56 Å². The summed E-state index contributed by atoms with van der Waals surface area (Å²) in [6.45, 7) is 4.82. The van der Waals surface area contributed by atoms with E-state index in [4.69, 9.17) is 21.1 Å². The molecule has 1 aromatic heterocycles. The average Bonchev–Trinajstić information content (AvgIpc) is 2.71. The number of amides is 2. The van der Waals surface area contributed by atoms with Gasteiger partial charge in [0.25, 0.3) is 0 Å². The maximum atomic E-state index is 12.5. The van der Waals surface area contributed by atoms with Crippen molar-refractivity contribution in [1.29, 1.82) is 0 Å². The van der Waals surface area contributed by atoms with Crippen molar-refractivity contribution >= 4 is 23.3 Å². The highest BCUT2D eigenvalue weighted by Crippen LogP contribution is 2.27. The van der Waals surface area contributed by atoms with Crippen LogP contribution in [-0.4, -0.2) is 67.3 Å². The molecule has 2 aromatic rings. The second-order valence-electron chi connectivity index (χ2n) is 6.54. The van der Waals surface area contributed by atoms with Crippen LogP contribution in [0.25, 0.3) is 0 Å². The SMILES string of the molecule is COCCOc1ccc(NC(=O)N2CCN(Cc3ccncc3)CC2)cc1Cl. The summed E-state index contributed by atoms with van der Waals surface area (Å²) < 4.78 is 10.5. The van der Waals surface area contributed by atoms with Gasteiger partial charge in [-0.3, -0.25) is 9.88 Å².